The first-order valence-electron chi connectivity index (χ1n) is 8.57. The van der Waals surface area contributed by atoms with Crippen molar-refractivity contribution in [1.29, 1.82) is 0 Å². The molecule has 0 saturated carbocycles. The zero-order valence-electron chi connectivity index (χ0n) is 14.6. The maximum absolute atomic E-state index is 12.7. The van der Waals surface area contributed by atoms with Crippen LogP contribution >= 0.6 is 11.3 Å². The van der Waals surface area contributed by atoms with Gasteiger partial charge in [-0.15, -0.1) is 11.3 Å². The van der Waals surface area contributed by atoms with Crippen LogP contribution in [0.2, 0.25) is 0 Å². The Morgan fingerprint density at radius 1 is 1.31 bits per heavy atom. The van der Waals surface area contributed by atoms with Crippen LogP contribution in [0.3, 0.4) is 0 Å². The van der Waals surface area contributed by atoms with Gasteiger partial charge in [0.2, 0.25) is 0 Å². The van der Waals surface area contributed by atoms with Crippen LogP contribution in [-0.2, 0) is 14.8 Å². The summed E-state index contributed by atoms with van der Waals surface area (Å²) in [7, 11) is -3.58. The molecule has 1 aromatic heterocycles. The van der Waals surface area contributed by atoms with Gasteiger partial charge in [0.05, 0.1) is 6.10 Å². The molecule has 1 fully saturated rings. The lowest BCUT2D eigenvalue weighted by molar-refractivity contribution is 0.00724. The summed E-state index contributed by atoms with van der Waals surface area (Å²) >= 11 is 1.16. The lowest BCUT2D eigenvalue weighted by Crippen LogP contribution is -2.43. The van der Waals surface area contributed by atoms with Gasteiger partial charge in [0.15, 0.2) is 0 Å². The number of hydrogen-bond acceptors (Lipinski definition) is 5. The number of nitrogens with zero attached hydrogens (tertiary/aromatic N) is 1. The van der Waals surface area contributed by atoms with Gasteiger partial charge in [0, 0.05) is 30.9 Å². The molecule has 1 aliphatic rings. The standard InChI is InChI=1S/C18H22N2O4S2/c1-2-24-16-5-3-11-20(13-16)18(21)14-7-9-15(10-8-14)19-26(22,23)17-6-4-12-25-17/h4,6-10,12,16,19H,2-3,5,11,13H2,1H3. The minimum Gasteiger partial charge on any atom is -0.377 e. The predicted molar refractivity (Wildman–Crippen MR) is 102 cm³/mol. The molecule has 8 heteroatoms. The number of amides is 1. The molecule has 1 atom stereocenters. The number of carbonyl (C=O) groups is 1. The molecule has 0 bridgehead atoms. The first kappa shape index (κ1) is 18.9. The van der Waals surface area contributed by atoms with E-state index in [1.807, 2.05) is 6.92 Å². The smallest absolute Gasteiger partial charge is 0.271 e. The minimum atomic E-state index is -3.58. The fourth-order valence-corrected chi connectivity index (χ4v) is 5.03. The monoisotopic (exact) mass is 394 g/mol. The molecule has 1 aliphatic heterocycles. The van der Waals surface area contributed by atoms with Crippen molar-refractivity contribution in [2.75, 3.05) is 24.4 Å². The maximum Gasteiger partial charge on any atom is 0.271 e. The van der Waals surface area contributed by atoms with E-state index < -0.39 is 10.0 Å². The SMILES string of the molecule is CCOC1CCCN(C(=O)c2ccc(NS(=O)(=O)c3cccs3)cc2)C1. The predicted octanol–water partition coefficient (Wildman–Crippen LogP) is 3.19. The Balaban J connectivity index is 1.66. The summed E-state index contributed by atoms with van der Waals surface area (Å²) in [6, 6.07) is 9.77. The Labute approximate surface area is 157 Å². The summed E-state index contributed by atoms with van der Waals surface area (Å²) in [5.41, 5.74) is 0.974. The number of sulfonamides is 1. The number of nitrogens with one attached hydrogen (secondary N) is 1. The van der Waals surface area contributed by atoms with Crippen molar-refractivity contribution in [3.05, 3.63) is 47.3 Å². The van der Waals surface area contributed by atoms with E-state index in [2.05, 4.69) is 4.72 Å². The van der Waals surface area contributed by atoms with E-state index in [1.54, 1.807) is 46.7 Å². The molecule has 1 unspecified atom stereocenters. The van der Waals surface area contributed by atoms with Gasteiger partial charge in [-0.1, -0.05) is 6.07 Å². The van der Waals surface area contributed by atoms with E-state index in [9.17, 15) is 13.2 Å². The highest BCUT2D eigenvalue weighted by Gasteiger charge is 2.24. The molecule has 1 amide bonds. The third-order valence-corrected chi connectivity index (χ3v) is 6.99. The molecule has 0 spiro atoms. The number of hydrogen-bond donors (Lipinski definition) is 1. The Hall–Kier alpha value is -1.90. The molecule has 1 N–H and O–H groups in total. The molecular weight excluding hydrogens is 372 g/mol. The van der Waals surface area contributed by atoms with E-state index in [4.69, 9.17) is 4.74 Å². The van der Waals surface area contributed by atoms with Crippen molar-refractivity contribution in [3.8, 4) is 0 Å². The van der Waals surface area contributed by atoms with Gasteiger partial charge in [0.25, 0.3) is 15.9 Å². The van der Waals surface area contributed by atoms with Crippen molar-refractivity contribution in [3.63, 3.8) is 0 Å². The Bertz CT molecular complexity index is 831. The first-order chi connectivity index (χ1) is 12.5. The highest BCUT2D eigenvalue weighted by atomic mass is 32.2. The van der Waals surface area contributed by atoms with E-state index >= 15 is 0 Å². The quantitative estimate of drug-likeness (QED) is 0.816. The third-order valence-electron chi connectivity index (χ3n) is 4.21. The molecule has 1 aromatic carbocycles. The first-order valence-corrected chi connectivity index (χ1v) is 10.9. The number of likely N-dealkylation sites (tertiary alicyclic amines) is 1. The molecular formula is C18H22N2O4S2. The second kappa shape index (κ2) is 8.20. The highest BCUT2D eigenvalue weighted by Crippen LogP contribution is 2.21. The fourth-order valence-electron chi connectivity index (χ4n) is 2.98. The summed E-state index contributed by atoms with van der Waals surface area (Å²) in [4.78, 5) is 14.5. The number of rotatable bonds is 6. The van der Waals surface area contributed by atoms with Crippen molar-refractivity contribution in [2.24, 2.45) is 0 Å². The zero-order valence-corrected chi connectivity index (χ0v) is 16.2. The molecule has 1 saturated heterocycles. The summed E-state index contributed by atoms with van der Waals surface area (Å²) < 4.78 is 32.9. The summed E-state index contributed by atoms with van der Waals surface area (Å²) in [5, 5.41) is 1.71. The molecule has 26 heavy (non-hydrogen) atoms. The number of ether oxygens (including phenoxy) is 1. The maximum atomic E-state index is 12.7. The van der Waals surface area contributed by atoms with Crippen LogP contribution in [0.5, 0.6) is 0 Å². The third kappa shape index (κ3) is 4.44. The van der Waals surface area contributed by atoms with Crippen LogP contribution in [0.15, 0.2) is 46.0 Å². The highest BCUT2D eigenvalue weighted by molar-refractivity contribution is 7.94. The van der Waals surface area contributed by atoms with Crippen molar-refractivity contribution in [2.45, 2.75) is 30.1 Å². The summed E-state index contributed by atoms with van der Waals surface area (Å²) in [6.45, 7) is 3.91. The second-order valence-corrected chi connectivity index (χ2v) is 8.94. The van der Waals surface area contributed by atoms with Gasteiger partial charge in [-0.05, 0) is 55.5 Å². The Kier molecular flexibility index (Phi) is 5.95. The van der Waals surface area contributed by atoms with Crippen molar-refractivity contribution < 1.29 is 17.9 Å². The molecule has 2 aromatic rings. The van der Waals surface area contributed by atoms with Gasteiger partial charge < -0.3 is 9.64 Å². The molecule has 0 aliphatic carbocycles. The second-order valence-electron chi connectivity index (χ2n) is 6.09. The lowest BCUT2D eigenvalue weighted by atomic mass is 10.1. The Morgan fingerprint density at radius 2 is 2.08 bits per heavy atom. The van der Waals surface area contributed by atoms with E-state index in [-0.39, 0.29) is 16.2 Å². The average Bonchev–Trinajstić information content (AvgIpc) is 3.18. The van der Waals surface area contributed by atoms with Crippen molar-refractivity contribution >= 4 is 33.0 Å². The van der Waals surface area contributed by atoms with Gasteiger partial charge in [-0.2, -0.15) is 0 Å². The number of benzene rings is 1. The van der Waals surface area contributed by atoms with Crippen LogP contribution in [-0.4, -0.2) is 45.0 Å². The normalized spacial score (nSPS) is 17.9. The van der Waals surface area contributed by atoms with Crippen LogP contribution in [0, 0.1) is 0 Å². The topological polar surface area (TPSA) is 75.7 Å². The number of thiophene rings is 1. The molecule has 2 heterocycles. The summed E-state index contributed by atoms with van der Waals surface area (Å²) in [5.74, 6) is -0.0536. The largest absolute Gasteiger partial charge is 0.377 e. The molecule has 6 nitrogen and oxygen atoms in total. The number of anilines is 1. The zero-order chi connectivity index (χ0) is 18.6. The molecule has 140 valence electrons. The van der Waals surface area contributed by atoms with Gasteiger partial charge in [-0.3, -0.25) is 9.52 Å². The van der Waals surface area contributed by atoms with Crippen molar-refractivity contribution in [1.82, 2.24) is 4.90 Å². The van der Waals surface area contributed by atoms with Crippen LogP contribution in [0.25, 0.3) is 0 Å². The van der Waals surface area contributed by atoms with E-state index in [1.165, 1.54) is 0 Å². The molecule has 0 radical (unpaired) electrons. The number of carbonyl (C=O) groups excluding carboxylic acids is 1. The number of piperidine rings is 1. The minimum absolute atomic E-state index is 0.0536. The van der Waals surface area contributed by atoms with Crippen LogP contribution in [0.1, 0.15) is 30.1 Å². The Morgan fingerprint density at radius 3 is 2.73 bits per heavy atom. The van der Waals surface area contributed by atoms with Gasteiger partial charge in [-0.25, -0.2) is 8.42 Å². The van der Waals surface area contributed by atoms with Crippen LogP contribution < -0.4 is 4.72 Å². The average molecular weight is 395 g/mol. The lowest BCUT2D eigenvalue weighted by Gasteiger charge is -2.32. The van der Waals surface area contributed by atoms with Gasteiger partial charge >= 0.3 is 0 Å². The van der Waals surface area contributed by atoms with Gasteiger partial charge in [0.1, 0.15) is 4.21 Å². The fraction of sp³-hybridized carbons (Fsp3) is 0.389. The molecule has 3 rings (SSSR count). The van der Waals surface area contributed by atoms with E-state index in [0.29, 0.717) is 24.4 Å². The summed E-state index contributed by atoms with van der Waals surface area (Å²) in [6.07, 6.45) is 1.99. The van der Waals surface area contributed by atoms with E-state index in [0.717, 1.165) is 30.7 Å². The van der Waals surface area contributed by atoms with Crippen LogP contribution in [0.4, 0.5) is 5.69 Å².